The lowest BCUT2D eigenvalue weighted by atomic mass is 9.78. The summed E-state index contributed by atoms with van der Waals surface area (Å²) in [6.07, 6.45) is -7.98. The number of hydrogen-bond acceptors (Lipinski definition) is 2. The van der Waals surface area contributed by atoms with Gasteiger partial charge >= 0.3 is 12.4 Å². The van der Waals surface area contributed by atoms with Crippen molar-refractivity contribution in [3.05, 3.63) is 197 Å². The van der Waals surface area contributed by atoms with Crippen molar-refractivity contribution in [2.75, 3.05) is 0 Å². The van der Waals surface area contributed by atoms with Gasteiger partial charge in [-0.2, -0.15) is 26.3 Å². The van der Waals surface area contributed by atoms with Gasteiger partial charge in [0.05, 0.1) is 11.1 Å². The highest BCUT2D eigenvalue weighted by atomic mass is 19.4. The average molecular weight is 953 g/mol. The summed E-state index contributed by atoms with van der Waals surface area (Å²) in [7, 11) is 0. The Morgan fingerprint density at radius 1 is 0.314 bits per heavy atom. The van der Waals surface area contributed by atoms with Crippen molar-refractivity contribution < 1.29 is 36.6 Å². The lowest BCUT2D eigenvalue weighted by Gasteiger charge is -2.27. The number of aromatic hydroxyl groups is 2. The Morgan fingerprint density at radius 2 is 0.529 bits per heavy atom. The van der Waals surface area contributed by atoms with Crippen LogP contribution in [-0.2, 0) is 59.7 Å². The van der Waals surface area contributed by atoms with Crippen molar-refractivity contribution in [1.82, 2.24) is 0 Å². The third-order valence-corrected chi connectivity index (χ3v) is 13.2. The van der Waals surface area contributed by atoms with Crippen LogP contribution < -0.4 is 0 Å². The van der Waals surface area contributed by atoms with E-state index >= 15 is 0 Å². The second kappa shape index (κ2) is 18.4. The van der Waals surface area contributed by atoms with Gasteiger partial charge < -0.3 is 10.2 Å². The Kier molecular flexibility index (Phi) is 13.5. The van der Waals surface area contributed by atoms with Gasteiger partial charge in [0.1, 0.15) is 11.5 Å². The quantitative estimate of drug-likeness (QED) is 0.117. The standard InChI is InChI=1S/C62H62F6O2/c1-57(2,3)49-29-39-25-43-33-51(59(7,8)9)35-45(55(43)69)27-41-31-50(58(4,5)6)32-42(54(41)24-18-38-15-21-48(22-16-38)62(66,67)68)28-46-36-52(60(10,11)12)34-44(56(46)70)26-40(30-49)53(39)23-17-37-13-19-47(20-14-37)61(63,64)65/h13-16,19-22,29-36,69-70H,25-28H2,1-12H3. The van der Waals surface area contributed by atoms with E-state index in [1.54, 1.807) is 0 Å². The molecule has 0 saturated heterocycles. The maximum absolute atomic E-state index is 13.6. The van der Waals surface area contributed by atoms with Crippen molar-refractivity contribution in [2.24, 2.45) is 0 Å². The molecule has 0 aromatic heterocycles. The predicted molar refractivity (Wildman–Crippen MR) is 270 cm³/mol. The molecule has 7 rings (SSSR count). The highest BCUT2D eigenvalue weighted by Gasteiger charge is 2.32. The molecule has 364 valence electrons. The van der Waals surface area contributed by atoms with Crippen LogP contribution in [0.2, 0.25) is 0 Å². The van der Waals surface area contributed by atoms with E-state index in [-0.39, 0.29) is 58.8 Å². The molecule has 0 atom stereocenters. The van der Waals surface area contributed by atoms with E-state index in [0.29, 0.717) is 44.5 Å². The Hall–Kier alpha value is -6.38. The average Bonchev–Trinajstić information content (AvgIpc) is 3.23. The molecule has 0 radical (unpaired) electrons. The fraction of sp³-hybridized carbons (Fsp3) is 0.355. The second-order valence-electron chi connectivity index (χ2n) is 23.0. The number of benzene rings is 6. The zero-order chi connectivity index (χ0) is 51.5. The van der Waals surface area contributed by atoms with E-state index in [2.05, 4.69) is 131 Å². The zero-order valence-corrected chi connectivity index (χ0v) is 42.2. The van der Waals surface area contributed by atoms with Gasteiger partial charge in [0.15, 0.2) is 0 Å². The fourth-order valence-electron chi connectivity index (χ4n) is 8.78. The van der Waals surface area contributed by atoms with Gasteiger partial charge in [-0.05, 0) is 137 Å². The molecule has 0 spiro atoms. The summed E-state index contributed by atoms with van der Waals surface area (Å²) in [6.45, 7) is 25.4. The number of halogens is 6. The van der Waals surface area contributed by atoms with E-state index in [9.17, 15) is 36.6 Å². The van der Waals surface area contributed by atoms with E-state index in [4.69, 9.17) is 0 Å². The first kappa shape index (κ1) is 51.5. The fourth-order valence-corrected chi connectivity index (χ4v) is 8.78. The van der Waals surface area contributed by atoms with Crippen LogP contribution in [0.1, 0.15) is 183 Å². The Labute approximate surface area is 410 Å². The van der Waals surface area contributed by atoms with Gasteiger partial charge in [0, 0.05) is 47.9 Å². The molecule has 1 aliphatic carbocycles. The van der Waals surface area contributed by atoms with E-state index < -0.39 is 23.5 Å². The molecule has 0 amide bonds. The number of hydrogen-bond donors (Lipinski definition) is 2. The highest BCUT2D eigenvalue weighted by molar-refractivity contribution is 5.62. The van der Waals surface area contributed by atoms with Crippen LogP contribution in [0, 0.1) is 23.7 Å². The number of phenolic OH excluding ortho intramolecular Hbond substituents is 2. The number of rotatable bonds is 0. The van der Waals surface area contributed by atoms with Crippen LogP contribution >= 0.6 is 0 Å². The van der Waals surface area contributed by atoms with Crippen LogP contribution in [-0.4, -0.2) is 10.2 Å². The summed E-state index contributed by atoms with van der Waals surface area (Å²) < 4.78 is 81.6. The minimum atomic E-state index is -4.50. The molecule has 0 aliphatic heterocycles. The first-order valence-corrected chi connectivity index (χ1v) is 23.7. The van der Waals surface area contributed by atoms with Gasteiger partial charge in [-0.15, -0.1) is 0 Å². The molecular weight excluding hydrogens is 891 g/mol. The molecule has 6 aromatic rings. The molecule has 2 nitrogen and oxygen atoms in total. The maximum atomic E-state index is 13.6. The smallest absolute Gasteiger partial charge is 0.416 e. The topological polar surface area (TPSA) is 40.5 Å². The SMILES string of the molecule is CC(C)(C)c1cc2c(O)c(c1)Cc1cc(C(C)(C)C)cc(c1C#Cc1ccc(C(F)(F)F)cc1)Cc1cc(C(C)(C)C)cc(c1O)Cc1cc(C(C)(C)C)cc(c1C#Cc1ccc(C(F)(F)F)cc1)C2. The van der Waals surface area contributed by atoms with Gasteiger partial charge in [-0.3, -0.25) is 0 Å². The van der Waals surface area contributed by atoms with E-state index in [1.165, 1.54) is 24.3 Å². The number of phenols is 2. The van der Waals surface area contributed by atoms with Gasteiger partial charge in [-0.25, -0.2) is 0 Å². The monoisotopic (exact) mass is 952 g/mol. The first-order valence-electron chi connectivity index (χ1n) is 23.7. The van der Waals surface area contributed by atoms with Crippen molar-refractivity contribution >= 4 is 0 Å². The maximum Gasteiger partial charge on any atom is 0.416 e. The summed E-state index contributed by atoms with van der Waals surface area (Å²) in [4.78, 5) is 0. The molecule has 8 bridgehead atoms. The summed E-state index contributed by atoms with van der Waals surface area (Å²) in [6, 6.07) is 26.2. The summed E-state index contributed by atoms with van der Waals surface area (Å²) >= 11 is 0. The molecule has 2 N–H and O–H groups in total. The second-order valence-corrected chi connectivity index (χ2v) is 23.0. The lowest BCUT2D eigenvalue weighted by Crippen LogP contribution is -2.16. The van der Waals surface area contributed by atoms with Crippen molar-refractivity contribution in [1.29, 1.82) is 0 Å². The van der Waals surface area contributed by atoms with E-state index in [0.717, 1.165) is 68.8 Å². The summed E-state index contributed by atoms with van der Waals surface area (Å²) in [5, 5.41) is 25.2. The highest BCUT2D eigenvalue weighted by Crippen LogP contribution is 2.41. The third kappa shape index (κ3) is 11.6. The normalized spacial score (nSPS) is 13.5. The summed E-state index contributed by atoms with van der Waals surface area (Å²) in [5.41, 5.74) is 9.10. The molecule has 0 saturated carbocycles. The van der Waals surface area contributed by atoms with Crippen molar-refractivity contribution in [2.45, 2.75) is 143 Å². The van der Waals surface area contributed by atoms with Gasteiger partial charge in [-0.1, -0.05) is 155 Å². The molecule has 0 unspecified atom stereocenters. The molecular formula is C62H62F6O2. The Bertz CT molecular complexity index is 2790. The van der Waals surface area contributed by atoms with E-state index in [1.807, 2.05) is 24.3 Å². The Morgan fingerprint density at radius 3 is 0.729 bits per heavy atom. The van der Waals surface area contributed by atoms with Crippen LogP contribution in [0.5, 0.6) is 11.5 Å². The lowest BCUT2D eigenvalue weighted by molar-refractivity contribution is -0.138. The molecule has 0 fully saturated rings. The zero-order valence-electron chi connectivity index (χ0n) is 42.2. The molecule has 70 heavy (non-hydrogen) atoms. The van der Waals surface area contributed by atoms with Gasteiger partial charge in [0.2, 0.25) is 0 Å². The van der Waals surface area contributed by atoms with Crippen molar-refractivity contribution in [3.63, 3.8) is 0 Å². The minimum Gasteiger partial charge on any atom is -0.507 e. The molecule has 1 aliphatic rings. The number of alkyl halides is 6. The van der Waals surface area contributed by atoms with Crippen molar-refractivity contribution in [3.8, 4) is 35.2 Å². The summed E-state index contributed by atoms with van der Waals surface area (Å²) in [5.74, 6) is 13.3. The largest absolute Gasteiger partial charge is 0.507 e. The third-order valence-electron chi connectivity index (χ3n) is 13.2. The molecule has 0 heterocycles. The predicted octanol–water partition coefficient (Wildman–Crippen LogP) is 15.8. The first-order chi connectivity index (χ1) is 32.3. The van der Waals surface area contributed by atoms with Crippen LogP contribution in [0.15, 0.2) is 97.1 Å². The van der Waals surface area contributed by atoms with Gasteiger partial charge in [0.25, 0.3) is 0 Å². The van der Waals surface area contributed by atoms with Crippen LogP contribution in [0.3, 0.4) is 0 Å². The Balaban J connectivity index is 1.58. The van der Waals surface area contributed by atoms with Crippen LogP contribution in [0.25, 0.3) is 0 Å². The molecule has 6 aromatic carbocycles. The minimum absolute atomic E-state index is 0.103. The number of fused-ring (bicyclic) bond motifs is 8. The van der Waals surface area contributed by atoms with Crippen LogP contribution in [0.4, 0.5) is 26.3 Å². The molecule has 8 heteroatoms.